The van der Waals surface area contributed by atoms with E-state index in [1.165, 1.54) is 63.5 Å². The summed E-state index contributed by atoms with van der Waals surface area (Å²) in [5.74, 6) is 0. The van der Waals surface area contributed by atoms with Crippen LogP contribution in [0.2, 0.25) is 12.1 Å². The van der Waals surface area contributed by atoms with Crippen LogP contribution < -0.4 is 0 Å². The van der Waals surface area contributed by atoms with Crippen LogP contribution in [-0.4, -0.2) is 55.0 Å². The van der Waals surface area contributed by atoms with Crippen LogP contribution >= 0.6 is 31.4 Å². The van der Waals surface area contributed by atoms with Gasteiger partial charge in [-0.25, -0.2) is 0 Å². The van der Waals surface area contributed by atoms with Gasteiger partial charge < -0.3 is 18.9 Å². The third kappa shape index (κ3) is 19.1. The van der Waals surface area contributed by atoms with E-state index < -0.39 is 28.5 Å². The van der Waals surface area contributed by atoms with Crippen molar-refractivity contribution in [2.24, 2.45) is 0 Å². The van der Waals surface area contributed by atoms with Crippen LogP contribution in [0.1, 0.15) is 119 Å². The van der Waals surface area contributed by atoms with Crippen molar-refractivity contribution in [3.63, 3.8) is 0 Å². The molecule has 0 aliphatic heterocycles. The highest BCUT2D eigenvalue weighted by Crippen LogP contribution is 2.50. The van der Waals surface area contributed by atoms with Gasteiger partial charge in [-0.15, -0.1) is 0 Å². The standard InChI is InChI=1S/C26H58O4S3Si2/c1-7-13-17-21-27-25(34-11-5,28-22-18-14-8-2)31-33-32-26(35-12-6,29-23-19-15-9-3)30-24-20-16-10-4/h7-24,34-35H2,1-6H3. The molecule has 0 N–H and O–H groups in total. The molecule has 0 radical (unpaired) electrons. The van der Waals surface area contributed by atoms with Crippen LogP contribution in [0.25, 0.3) is 0 Å². The van der Waals surface area contributed by atoms with Crippen molar-refractivity contribution in [2.45, 2.75) is 140 Å². The SMILES string of the molecule is CCCCCOC(OCCCCC)([SiH2]CC)SSSC(OCCCCC)(OCCCCC)[SiH2]CC. The highest BCUT2D eigenvalue weighted by Gasteiger charge is 2.37. The molecule has 0 aromatic rings. The van der Waals surface area contributed by atoms with E-state index in [1.54, 1.807) is 9.83 Å². The van der Waals surface area contributed by atoms with E-state index in [2.05, 4.69) is 41.5 Å². The zero-order chi connectivity index (χ0) is 26.1. The minimum Gasteiger partial charge on any atom is -0.345 e. The molecule has 0 aromatic heterocycles. The lowest BCUT2D eigenvalue weighted by atomic mass is 10.3. The predicted octanol–water partition coefficient (Wildman–Crippen LogP) is 8.28. The summed E-state index contributed by atoms with van der Waals surface area (Å²) in [5, 5.41) is 0. The van der Waals surface area contributed by atoms with E-state index in [0.717, 1.165) is 52.1 Å². The van der Waals surface area contributed by atoms with Gasteiger partial charge in [-0.2, -0.15) is 0 Å². The van der Waals surface area contributed by atoms with Gasteiger partial charge in [0.25, 0.3) is 0 Å². The van der Waals surface area contributed by atoms with E-state index in [4.69, 9.17) is 18.9 Å². The second kappa shape index (κ2) is 25.6. The van der Waals surface area contributed by atoms with Crippen LogP contribution in [0.4, 0.5) is 0 Å². The largest absolute Gasteiger partial charge is 0.345 e. The minimum absolute atomic E-state index is 0.447. The van der Waals surface area contributed by atoms with Crippen LogP contribution in [0.3, 0.4) is 0 Å². The molecule has 0 atom stereocenters. The Labute approximate surface area is 235 Å². The van der Waals surface area contributed by atoms with Crippen LogP contribution in [0.5, 0.6) is 0 Å². The van der Waals surface area contributed by atoms with Crippen molar-refractivity contribution in [3.05, 3.63) is 0 Å². The molecule has 0 amide bonds. The maximum absolute atomic E-state index is 6.55. The van der Waals surface area contributed by atoms with Crippen LogP contribution in [-0.2, 0) is 18.9 Å². The topological polar surface area (TPSA) is 36.9 Å². The van der Waals surface area contributed by atoms with E-state index in [1.807, 2.05) is 21.6 Å². The van der Waals surface area contributed by atoms with E-state index in [9.17, 15) is 0 Å². The molecule has 0 aromatic carbocycles. The van der Waals surface area contributed by atoms with Gasteiger partial charge in [0.15, 0.2) is 0 Å². The first-order chi connectivity index (χ1) is 17.1. The van der Waals surface area contributed by atoms with Crippen molar-refractivity contribution in [3.8, 4) is 0 Å². The normalized spacial score (nSPS) is 13.2. The monoisotopic (exact) mass is 586 g/mol. The average molecular weight is 587 g/mol. The summed E-state index contributed by atoms with van der Waals surface area (Å²) >= 11 is 0. The second-order valence-electron chi connectivity index (χ2n) is 9.32. The van der Waals surface area contributed by atoms with E-state index >= 15 is 0 Å². The highest BCUT2D eigenvalue weighted by atomic mass is 33.5. The van der Waals surface area contributed by atoms with Crippen molar-refractivity contribution in [1.82, 2.24) is 0 Å². The first-order valence-corrected chi connectivity index (χ1v) is 21.6. The molecule has 0 unspecified atom stereocenters. The van der Waals surface area contributed by atoms with Gasteiger partial charge in [-0.3, -0.25) is 0 Å². The molecule has 4 nitrogen and oxygen atoms in total. The Hall–Kier alpha value is 1.32. The third-order valence-electron chi connectivity index (χ3n) is 5.71. The van der Waals surface area contributed by atoms with E-state index in [-0.39, 0.29) is 0 Å². The Balaban J connectivity index is 5.30. The average Bonchev–Trinajstić information content (AvgIpc) is 2.85. The van der Waals surface area contributed by atoms with Gasteiger partial charge in [-0.05, 0) is 57.1 Å². The summed E-state index contributed by atoms with van der Waals surface area (Å²) in [6.45, 7) is 16.7. The molecule has 0 aliphatic carbocycles. The molecule has 0 rings (SSSR count). The van der Waals surface area contributed by atoms with Gasteiger partial charge in [0.1, 0.15) is 19.0 Å². The van der Waals surface area contributed by atoms with Crippen LogP contribution in [0.15, 0.2) is 0 Å². The van der Waals surface area contributed by atoms with Gasteiger partial charge in [0.2, 0.25) is 9.48 Å². The highest BCUT2D eigenvalue weighted by molar-refractivity contribution is 9.10. The van der Waals surface area contributed by atoms with Gasteiger partial charge in [-0.1, -0.05) is 105 Å². The molecule has 0 heterocycles. The molecular weight excluding hydrogens is 529 g/mol. The molecule has 0 saturated carbocycles. The predicted molar refractivity (Wildman–Crippen MR) is 168 cm³/mol. The van der Waals surface area contributed by atoms with Crippen molar-refractivity contribution in [2.75, 3.05) is 26.4 Å². The molecule has 0 bridgehead atoms. The summed E-state index contributed by atoms with van der Waals surface area (Å²) in [7, 11) is 4.33. The number of unbranched alkanes of at least 4 members (excludes halogenated alkanes) is 8. The Morgan fingerprint density at radius 3 is 0.971 bits per heavy atom. The fourth-order valence-electron chi connectivity index (χ4n) is 3.60. The Morgan fingerprint density at radius 1 is 0.457 bits per heavy atom. The summed E-state index contributed by atoms with van der Waals surface area (Å²) < 4.78 is 25.3. The number of hydrogen-bond acceptors (Lipinski definition) is 7. The Kier molecular flexibility index (Phi) is 26.6. The van der Waals surface area contributed by atoms with E-state index in [0.29, 0.717) is 0 Å². The van der Waals surface area contributed by atoms with Crippen molar-refractivity contribution < 1.29 is 18.9 Å². The Bertz CT molecular complexity index is 389. The van der Waals surface area contributed by atoms with Gasteiger partial charge >= 0.3 is 0 Å². The zero-order valence-corrected chi connectivity index (χ0v) is 29.3. The number of hydrogen-bond donors (Lipinski definition) is 0. The first kappa shape index (κ1) is 36.3. The summed E-state index contributed by atoms with van der Waals surface area (Å²) in [5.41, 5.74) is 0. The van der Waals surface area contributed by atoms with Crippen LogP contribution in [0, 0.1) is 0 Å². The summed E-state index contributed by atoms with van der Waals surface area (Å²) in [6.07, 6.45) is 14.2. The molecule has 9 heteroatoms. The molecule has 35 heavy (non-hydrogen) atoms. The minimum atomic E-state index is -0.547. The lowest BCUT2D eigenvalue weighted by Crippen LogP contribution is -2.40. The van der Waals surface area contributed by atoms with Gasteiger partial charge in [0.05, 0.1) is 26.4 Å². The zero-order valence-electron chi connectivity index (χ0n) is 24.0. The molecule has 0 aliphatic rings. The maximum Gasteiger partial charge on any atom is 0.200 e. The van der Waals surface area contributed by atoms with Crippen molar-refractivity contribution >= 4 is 50.5 Å². The molecule has 0 fully saturated rings. The third-order valence-corrected chi connectivity index (χ3v) is 16.4. The fraction of sp³-hybridized carbons (Fsp3) is 1.00. The second-order valence-corrected chi connectivity index (χ2v) is 19.6. The lowest BCUT2D eigenvalue weighted by molar-refractivity contribution is -0.118. The Morgan fingerprint density at radius 2 is 0.743 bits per heavy atom. The number of ether oxygens (including phenoxy) is 4. The molecule has 0 spiro atoms. The number of rotatable bonds is 28. The smallest absolute Gasteiger partial charge is 0.200 e. The summed E-state index contributed by atoms with van der Waals surface area (Å²) in [4.78, 5) is 0. The molecule has 0 saturated heterocycles. The summed E-state index contributed by atoms with van der Waals surface area (Å²) in [6, 6.07) is 2.35. The lowest BCUT2D eigenvalue weighted by Gasteiger charge is -2.35. The fourth-order valence-corrected chi connectivity index (χ4v) is 16.2. The quantitative estimate of drug-likeness (QED) is 0.0395. The van der Waals surface area contributed by atoms with Crippen molar-refractivity contribution in [1.29, 1.82) is 0 Å². The molecule has 212 valence electrons. The molecular formula is C26H58O4S3Si2. The maximum atomic E-state index is 6.55. The van der Waals surface area contributed by atoms with Gasteiger partial charge in [0, 0.05) is 0 Å². The first-order valence-electron chi connectivity index (χ1n) is 14.7.